The van der Waals surface area contributed by atoms with E-state index in [1.807, 2.05) is 12.3 Å². The molecule has 0 saturated carbocycles. The summed E-state index contributed by atoms with van der Waals surface area (Å²) in [4.78, 5) is 4.76. The molecule has 4 heteroatoms. The van der Waals surface area contributed by atoms with Crippen LogP contribution in [0.25, 0.3) is 5.13 Å². The molecule has 0 spiro atoms. The van der Waals surface area contributed by atoms with Crippen LogP contribution in [0.5, 0.6) is 0 Å². The Morgan fingerprint density at radius 3 is 2.89 bits per heavy atom. The fraction of sp³-hybridized carbons (Fsp3) is 0.533. The Balaban J connectivity index is 2.01. The molecular weight excluding hydrogens is 256 g/mol. The molecule has 0 aliphatic heterocycles. The van der Waals surface area contributed by atoms with E-state index in [-0.39, 0.29) is 11.5 Å². The highest BCUT2D eigenvalue weighted by Gasteiger charge is 2.24. The van der Waals surface area contributed by atoms with Crippen LogP contribution in [-0.4, -0.2) is 14.7 Å². The minimum Gasteiger partial charge on any atom is -0.388 e. The lowest BCUT2D eigenvalue weighted by Crippen LogP contribution is -2.13. The minimum absolute atomic E-state index is 0.0848. The van der Waals surface area contributed by atoms with Crippen LogP contribution in [0, 0.1) is 0 Å². The van der Waals surface area contributed by atoms with Crippen molar-refractivity contribution in [3.05, 3.63) is 34.6 Å². The van der Waals surface area contributed by atoms with Crippen molar-refractivity contribution < 1.29 is 5.11 Å². The Morgan fingerprint density at radius 1 is 1.42 bits per heavy atom. The van der Waals surface area contributed by atoms with Crippen LogP contribution in [0.2, 0.25) is 0 Å². The van der Waals surface area contributed by atoms with Crippen molar-refractivity contribution in [1.82, 2.24) is 9.55 Å². The van der Waals surface area contributed by atoms with Crippen molar-refractivity contribution in [3.8, 4) is 5.13 Å². The predicted molar refractivity (Wildman–Crippen MR) is 78.0 cm³/mol. The zero-order valence-electron chi connectivity index (χ0n) is 11.7. The third kappa shape index (κ3) is 2.23. The number of rotatable bonds is 1. The van der Waals surface area contributed by atoms with E-state index in [4.69, 9.17) is 4.98 Å². The highest BCUT2D eigenvalue weighted by Crippen LogP contribution is 2.33. The average Bonchev–Trinajstić information content (AvgIpc) is 2.93. The molecule has 0 amide bonds. The first kappa shape index (κ1) is 12.9. The molecule has 0 saturated heterocycles. The smallest absolute Gasteiger partial charge is 0.193 e. The fourth-order valence-corrected chi connectivity index (χ4v) is 3.62. The SMILES string of the molecule is CC(C)(C)c1csc(-n2ccc3c2CCCC3O)n1. The van der Waals surface area contributed by atoms with Crippen molar-refractivity contribution in [3.63, 3.8) is 0 Å². The summed E-state index contributed by atoms with van der Waals surface area (Å²) in [5.41, 5.74) is 3.53. The number of aliphatic hydroxyl groups excluding tert-OH is 1. The van der Waals surface area contributed by atoms with Crippen molar-refractivity contribution in [2.75, 3.05) is 0 Å². The number of fused-ring (bicyclic) bond motifs is 1. The van der Waals surface area contributed by atoms with E-state index < -0.39 is 0 Å². The maximum atomic E-state index is 10.0. The van der Waals surface area contributed by atoms with Gasteiger partial charge in [-0.3, -0.25) is 4.57 Å². The van der Waals surface area contributed by atoms with E-state index in [0.29, 0.717) is 0 Å². The van der Waals surface area contributed by atoms with Crippen LogP contribution < -0.4 is 0 Å². The first-order valence-electron chi connectivity index (χ1n) is 6.81. The molecule has 2 aromatic heterocycles. The third-order valence-corrected chi connectivity index (χ3v) is 4.58. The van der Waals surface area contributed by atoms with Crippen LogP contribution in [0.3, 0.4) is 0 Å². The van der Waals surface area contributed by atoms with Gasteiger partial charge >= 0.3 is 0 Å². The van der Waals surface area contributed by atoms with E-state index in [1.165, 1.54) is 5.69 Å². The maximum Gasteiger partial charge on any atom is 0.193 e. The van der Waals surface area contributed by atoms with Gasteiger partial charge in [0, 0.05) is 28.2 Å². The van der Waals surface area contributed by atoms with E-state index in [9.17, 15) is 5.11 Å². The summed E-state index contributed by atoms with van der Waals surface area (Å²) in [7, 11) is 0. The molecular formula is C15H20N2OS. The normalized spacial score (nSPS) is 19.5. The number of aromatic nitrogens is 2. The topological polar surface area (TPSA) is 38.0 Å². The molecule has 102 valence electrons. The summed E-state index contributed by atoms with van der Waals surface area (Å²) in [5.74, 6) is 0. The van der Waals surface area contributed by atoms with Gasteiger partial charge in [-0.1, -0.05) is 20.8 Å². The molecule has 2 aromatic rings. The standard InChI is InChI=1S/C15H20N2OS/c1-15(2,3)13-9-19-14(16-13)17-8-7-10-11(17)5-4-6-12(10)18/h7-9,12,18H,4-6H2,1-3H3. The number of hydrogen-bond acceptors (Lipinski definition) is 3. The van der Waals surface area contributed by atoms with Crippen LogP contribution >= 0.6 is 11.3 Å². The average molecular weight is 276 g/mol. The summed E-state index contributed by atoms with van der Waals surface area (Å²) < 4.78 is 2.15. The molecule has 0 aromatic carbocycles. The van der Waals surface area contributed by atoms with Gasteiger partial charge in [0.2, 0.25) is 0 Å². The molecule has 1 atom stereocenters. The molecule has 1 aliphatic rings. The van der Waals surface area contributed by atoms with Gasteiger partial charge in [0.1, 0.15) is 0 Å². The monoisotopic (exact) mass is 276 g/mol. The number of thiazole rings is 1. The van der Waals surface area contributed by atoms with Crippen LogP contribution in [0.4, 0.5) is 0 Å². The molecule has 19 heavy (non-hydrogen) atoms. The second-order valence-corrected chi connectivity index (χ2v) is 7.10. The van der Waals surface area contributed by atoms with E-state index >= 15 is 0 Å². The predicted octanol–water partition coefficient (Wildman–Crippen LogP) is 3.60. The van der Waals surface area contributed by atoms with Crippen molar-refractivity contribution in [2.24, 2.45) is 0 Å². The molecule has 1 N–H and O–H groups in total. The quantitative estimate of drug-likeness (QED) is 0.864. The summed E-state index contributed by atoms with van der Waals surface area (Å²) in [5, 5.41) is 13.2. The second-order valence-electron chi connectivity index (χ2n) is 6.26. The van der Waals surface area contributed by atoms with Gasteiger partial charge in [0.25, 0.3) is 0 Å². The zero-order valence-corrected chi connectivity index (χ0v) is 12.5. The lowest BCUT2D eigenvalue weighted by Gasteiger charge is -2.19. The van der Waals surface area contributed by atoms with E-state index in [0.717, 1.165) is 35.7 Å². The summed E-state index contributed by atoms with van der Waals surface area (Å²) >= 11 is 1.68. The summed E-state index contributed by atoms with van der Waals surface area (Å²) in [6, 6.07) is 2.04. The first-order valence-corrected chi connectivity index (χ1v) is 7.69. The molecule has 3 nitrogen and oxygen atoms in total. The Kier molecular flexibility index (Phi) is 3.02. The second kappa shape index (κ2) is 4.46. The first-order chi connectivity index (χ1) is 8.97. The molecule has 0 radical (unpaired) electrons. The van der Waals surface area contributed by atoms with Gasteiger partial charge in [-0.2, -0.15) is 0 Å². The third-order valence-electron chi connectivity index (χ3n) is 3.74. The van der Waals surface area contributed by atoms with Gasteiger partial charge in [-0.25, -0.2) is 4.98 Å². The van der Waals surface area contributed by atoms with Crippen molar-refractivity contribution in [2.45, 2.75) is 51.6 Å². The fourth-order valence-electron chi connectivity index (χ4n) is 2.57. The highest BCUT2D eigenvalue weighted by molar-refractivity contribution is 7.12. The number of aliphatic hydroxyl groups is 1. The van der Waals surface area contributed by atoms with Crippen LogP contribution in [0.15, 0.2) is 17.6 Å². The summed E-state index contributed by atoms with van der Waals surface area (Å²) in [6.07, 6.45) is 4.71. The minimum atomic E-state index is -0.299. The lowest BCUT2D eigenvalue weighted by molar-refractivity contribution is 0.156. The molecule has 2 heterocycles. The van der Waals surface area contributed by atoms with Gasteiger partial charge in [0.15, 0.2) is 5.13 Å². The van der Waals surface area contributed by atoms with Gasteiger partial charge in [0.05, 0.1) is 11.8 Å². The number of hydrogen-bond donors (Lipinski definition) is 1. The number of nitrogens with zero attached hydrogens (tertiary/aromatic N) is 2. The van der Waals surface area contributed by atoms with E-state index in [2.05, 4.69) is 30.7 Å². The molecule has 0 bridgehead atoms. The van der Waals surface area contributed by atoms with E-state index in [1.54, 1.807) is 11.3 Å². The van der Waals surface area contributed by atoms with Gasteiger partial charge in [-0.05, 0) is 25.3 Å². The largest absolute Gasteiger partial charge is 0.388 e. The Morgan fingerprint density at radius 2 is 2.21 bits per heavy atom. The van der Waals surface area contributed by atoms with Gasteiger partial charge in [-0.15, -0.1) is 11.3 Å². The van der Waals surface area contributed by atoms with Crippen LogP contribution in [-0.2, 0) is 11.8 Å². The highest BCUT2D eigenvalue weighted by atomic mass is 32.1. The van der Waals surface area contributed by atoms with Crippen LogP contribution in [0.1, 0.15) is 56.7 Å². The molecule has 1 aliphatic carbocycles. The maximum absolute atomic E-state index is 10.0. The van der Waals surface area contributed by atoms with Gasteiger partial charge < -0.3 is 5.11 Å². The zero-order chi connectivity index (χ0) is 13.6. The molecule has 1 unspecified atom stereocenters. The summed E-state index contributed by atoms with van der Waals surface area (Å²) in [6.45, 7) is 6.54. The Hall–Kier alpha value is -1.13. The molecule has 3 rings (SSSR count). The van der Waals surface area contributed by atoms with Crippen molar-refractivity contribution in [1.29, 1.82) is 0 Å². The molecule has 0 fully saturated rings. The lowest BCUT2D eigenvalue weighted by atomic mass is 9.93. The Bertz CT molecular complexity index is 592. The Labute approximate surface area is 117 Å². The van der Waals surface area contributed by atoms with Crippen molar-refractivity contribution >= 4 is 11.3 Å².